The fraction of sp³-hybridized carbons (Fsp3) is 0.381. The monoisotopic (exact) mass is 444 g/mol. The summed E-state index contributed by atoms with van der Waals surface area (Å²) in [6.07, 6.45) is 4.76. The van der Waals surface area contributed by atoms with Gasteiger partial charge in [0.1, 0.15) is 11.5 Å². The zero-order valence-corrected chi connectivity index (χ0v) is 18.9. The minimum Gasteiger partial charge on any atom is -0.497 e. The number of ether oxygens (including phenoxy) is 2. The number of methoxy groups -OCH3 is 2. The van der Waals surface area contributed by atoms with Crippen molar-refractivity contribution in [3.63, 3.8) is 0 Å². The lowest BCUT2D eigenvalue weighted by atomic mass is 9.96. The Hall–Kier alpha value is -2.52. The number of carbonyl (C=O) groups excluding carboxylic acids is 1. The van der Waals surface area contributed by atoms with Gasteiger partial charge in [0, 0.05) is 28.9 Å². The Bertz CT molecular complexity index is 1060. The third-order valence-corrected chi connectivity index (χ3v) is 7.26. The molecule has 3 aromatic rings. The zero-order chi connectivity index (χ0) is 21.1. The van der Waals surface area contributed by atoms with E-state index < -0.39 is 0 Å². The fourth-order valence-electron chi connectivity index (χ4n) is 3.58. The van der Waals surface area contributed by atoms with Gasteiger partial charge >= 0.3 is 0 Å². The van der Waals surface area contributed by atoms with Crippen LogP contribution in [-0.2, 0) is 24.7 Å². The molecule has 0 unspecified atom stereocenters. The summed E-state index contributed by atoms with van der Waals surface area (Å²) < 4.78 is 12.5. The largest absolute Gasteiger partial charge is 0.497 e. The maximum absolute atomic E-state index is 12.5. The van der Waals surface area contributed by atoms with Gasteiger partial charge in [0.25, 0.3) is 0 Å². The number of hydrogen-bond acceptors (Lipinski definition) is 7. The summed E-state index contributed by atoms with van der Waals surface area (Å²) in [5, 5.41) is 14.5. The van der Waals surface area contributed by atoms with Crippen LogP contribution >= 0.6 is 23.1 Å². The first kappa shape index (κ1) is 20.7. The minimum absolute atomic E-state index is 0.149. The molecule has 1 amide bonds. The second-order valence-electron chi connectivity index (χ2n) is 7.03. The number of fused-ring (bicyclic) bond motifs is 1. The molecule has 0 bridgehead atoms. The van der Waals surface area contributed by atoms with Crippen molar-refractivity contribution in [1.29, 1.82) is 0 Å². The van der Waals surface area contributed by atoms with Crippen LogP contribution in [-0.4, -0.2) is 40.6 Å². The first-order valence-corrected chi connectivity index (χ1v) is 11.6. The van der Waals surface area contributed by atoms with Crippen LogP contribution in [0.1, 0.15) is 23.3 Å². The Labute approximate surface area is 183 Å². The molecule has 0 fully saturated rings. The molecule has 1 aliphatic carbocycles. The maximum Gasteiger partial charge on any atom is 0.234 e. The van der Waals surface area contributed by atoms with Crippen LogP contribution in [0.3, 0.4) is 0 Å². The van der Waals surface area contributed by atoms with Gasteiger partial charge < -0.3 is 19.4 Å². The molecule has 4 rings (SSSR count). The maximum atomic E-state index is 12.5. The second-order valence-corrected chi connectivity index (χ2v) is 8.93. The normalized spacial score (nSPS) is 13.0. The van der Waals surface area contributed by atoms with E-state index in [1.54, 1.807) is 32.4 Å². The van der Waals surface area contributed by atoms with E-state index in [1.165, 1.54) is 40.6 Å². The average Bonchev–Trinajstić information content (AvgIpc) is 3.35. The molecule has 1 aromatic carbocycles. The Morgan fingerprint density at radius 2 is 2.07 bits per heavy atom. The highest BCUT2D eigenvalue weighted by atomic mass is 32.2. The molecule has 0 saturated carbocycles. The van der Waals surface area contributed by atoms with E-state index in [4.69, 9.17) is 9.47 Å². The Balaban J connectivity index is 1.44. The minimum atomic E-state index is -0.149. The smallest absolute Gasteiger partial charge is 0.234 e. The number of carbonyl (C=O) groups is 1. The van der Waals surface area contributed by atoms with Gasteiger partial charge in [-0.2, -0.15) is 0 Å². The number of thiophene rings is 1. The summed E-state index contributed by atoms with van der Waals surface area (Å²) in [4.78, 5) is 14.0. The Kier molecular flexibility index (Phi) is 6.29. The van der Waals surface area contributed by atoms with Crippen molar-refractivity contribution >= 4 is 34.7 Å². The van der Waals surface area contributed by atoms with Crippen molar-refractivity contribution in [3.8, 4) is 22.9 Å². The topological polar surface area (TPSA) is 78.3 Å². The summed E-state index contributed by atoms with van der Waals surface area (Å²) in [5.41, 5.74) is 3.18. The number of hydrogen-bond donors (Lipinski definition) is 1. The lowest BCUT2D eigenvalue weighted by Crippen LogP contribution is -2.15. The van der Waals surface area contributed by atoms with Crippen LogP contribution in [0.25, 0.3) is 11.4 Å². The number of aryl methyl sites for hydroxylation is 1. The number of aromatic nitrogens is 3. The number of benzene rings is 1. The summed E-state index contributed by atoms with van der Waals surface area (Å²) in [6, 6.07) is 5.28. The van der Waals surface area contributed by atoms with Crippen molar-refractivity contribution in [2.75, 3.05) is 25.3 Å². The number of rotatable bonds is 7. The van der Waals surface area contributed by atoms with Crippen LogP contribution in [0.4, 0.5) is 5.69 Å². The van der Waals surface area contributed by atoms with E-state index in [1.807, 2.05) is 23.0 Å². The number of anilines is 1. The van der Waals surface area contributed by atoms with Crippen molar-refractivity contribution < 1.29 is 14.3 Å². The molecule has 0 spiro atoms. The first-order chi connectivity index (χ1) is 14.6. The number of amides is 1. The lowest BCUT2D eigenvalue weighted by molar-refractivity contribution is -0.113. The van der Waals surface area contributed by atoms with Crippen molar-refractivity contribution in [1.82, 2.24) is 14.8 Å². The third-order valence-electron chi connectivity index (χ3n) is 5.15. The first-order valence-electron chi connectivity index (χ1n) is 9.74. The second kappa shape index (κ2) is 9.09. The van der Waals surface area contributed by atoms with Crippen LogP contribution in [0, 0.1) is 0 Å². The molecule has 0 atom stereocenters. The molecular weight excluding hydrogens is 420 g/mol. The molecule has 1 N–H and O–H groups in total. The number of thioether (sulfide) groups is 1. The number of nitrogens with one attached hydrogen (secondary N) is 1. The molecule has 2 heterocycles. The molecule has 0 aliphatic heterocycles. The zero-order valence-electron chi connectivity index (χ0n) is 17.2. The van der Waals surface area contributed by atoms with Gasteiger partial charge in [0.05, 0.1) is 25.7 Å². The number of nitrogens with zero attached hydrogens (tertiary/aromatic N) is 3. The summed E-state index contributed by atoms with van der Waals surface area (Å²) in [5.74, 6) is 2.16. The molecule has 30 heavy (non-hydrogen) atoms. The van der Waals surface area contributed by atoms with E-state index >= 15 is 0 Å². The quantitative estimate of drug-likeness (QED) is 0.551. The summed E-state index contributed by atoms with van der Waals surface area (Å²) in [6.45, 7) is 0. The highest BCUT2D eigenvalue weighted by Gasteiger charge is 2.21. The van der Waals surface area contributed by atoms with Gasteiger partial charge in [-0.25, -0.2) is 0 Å². The standard InChI is InChI=1S/C21H24N4O3S2/c1-25-20(15-11-29-18-7-5-4-6-14(15)18)23-24-21(25)30-12-19(26)22-16-10-13(27-2)8-9-17(16)28-3/h8-11H,4-7,12H2,1-3H3,(H,22,26). The molecule has 9 heteroatoms. The van der Waals surface area contributed by atoms with Crippen molar-refractivity contribution in [2.24, 2.45) is 7.05 Å². The molecule has 0 radical (unpaired) electrons. The van der Waals surface area contributed by atoms with E-state index in [9.17, 15) is 4.79 Å². The SMILES string of the molecule is COc1ccc(OC)c(NC(=O)CSc2nnc(-c3csc4c3CCCC4)n2C)c1. The van der Waals surface area contributed by atoms with Crippen LogP contribution in [0.5, 0.6) is 11.5 Å². The van der Waals surface area contributed by atoms with E-state index in [0.29, 0.717) is 22.3 Å². The Morgan fingerprint density at radius 1 is 1.23 bits per heavy atom. The summed E-state index contributed by atoms with van der Waals surface area (Å²) >= 11 is 3.18. The molecule has 7 nitrogen and oxygen atoms in total. The van der Waals surface area contributed by atoms with Gasteiger partial charge in [-0.05, 0) is 43.4 Å². The molecule has 2 aromatic heterocycles. The fourth-order valence-corrected chi connectivity index (χ4v) is 5.42. The molecular formula is C21H24N4O3S2. The van der Waals surface area contributed by atoms with E-state index in [2.05, 4.69) is 20.9 Å². The lowest BCUT2D eigenvalue weighted by Gasteiger charge is -2.12. The van der Waals surface area contributed by atoms with Gasteiger partial charge in [-0.3, -0.25) is 4.79 Å². The predicted octanol–water partition coefficient (Wildman–Crippen LogP) is 4.17. The van der Waals surface area contributed by atoms with Crippen LogP contribution in [0.2, 0.25) is 0 Å². The van der Waals surface area contributed by atoms with Gasteiger partial charge in [-0.1, -0.05) is 11.8 Å². The highest BCUT2D eigenvalue weighted by Crippen LogP contribution is 2.36. The van der Waals surface area contributed by atoms with Crippen molar-refractivity contribution in [3.05, 3.63) is 34.0 Å². The Morgan fingerprint density at radius 3 is 2.87 bits per heavy atom. The molecule has 1 aliphatic rings. The average molecular weight is 445 g/mol. The van der Waals surface area contributed by atoms with Crippen molar-refractivity contribution in [2.45, 2.75) is 30.8 Å². The van der Waals surface area contributed by atoms with E-state index in [0.717, 1.165) is 18.7 Å². The van der Waals surface area contributed by atoms with Gasteiger partial charge in [0.2, 0.25) is 5.91 Å². The summed E-state index contributed by atoms with van der Waals surface area (Å²) in [7, 11) is 5.10. The predicted molar refractivity (Wildman–Crippen MR) is 120 cm³/mol. The van der Waals surface area contributed by atoms with E-state index in [-0.39, 0.29) is 11.7 Å². The van der Waals surface area contributed by atoms with Crippen LogP contribution in [0.15, 0.2) is 28.7 Å². The third kappa shape index (κ3) is 4.17. The highest BCUT2D eigenvalue weighted by molar-refractivity contribution is 7.99. The molecule has 158 valence electrons. The van der Waals surface area contributed by atoms with Crippen LogP contribution < -0.4 is 14.8 Å². The van der Waals surface area contributed by atoms with Gasteiger partial charge in [0.15, 0.2) is 11.0 Å². The molecule has 0 saturated heterocycles. The van der Waals surface area contributed by atoms with Gasteiger partial charge in [-0.15, -0.1) is 21.5 Å².